The molecule has 0 bridgehead atoms. The van der Waals surface area contributed by atoms with E-state index in [1.165, 1.54) is 0 Å². The second kappa shape index (κ2) is 5.10. The molecule has 0 N–H and O–H groups in total. The van der Waals surface area contributed by atoms with Gasteiger partial charge < -0.3 is 0 Å². The van der Waals surface area contributed by atoms with E-state index in [1.807, 2.05) is 37.3 Å². The van der Waals surface area contributed by atoms with Crippen molar-refractivity contribution in [2.45, 2.75) is 13.5 Å². The van der Waals surface area contributed by atoms with Crippen LogP contribution in [0.1, 0.15) is 11.4 Å². The lowest BCUT2D eigenvalue weighted by molar-refractivity contribution is 0.713. The van der Waals surface area contributed by atoms with Gasteiger partial charge in [0.15, 0.2) is 0 Å². The third-order valence-corrected chi connectivity index (χ3v) is 3.53. The lowest BCUT2D eigenvalue weighted by atomic mass is 10.2. The predicted molar refractivity (Wildman–Crippen MR) is 81.3 cm³/mol. The lowest BCUT2D eigenvalue weighted by Gasteiger charge is -2.11. The zero-order chi connectivity index (χ0) is 14.1. The van der Waals surface area contributed by atoms with Gasteiger partial charge in [0.25, 0.3) is 5.56 Å². The Morgan fingerprint density at radius 2 is 1.90 bits per heavy atom. The standard InChI is InChI=1S/C16H13ClN2O/c1-11-18-15-8-7-13(17)9-14(15)16(20)19(11)10-12-5-3-2-4-6-12/h2-9H,10H2,1H3. The van der Waals surface area contributed by atoms with E-state index in [1.54, 1.807) is 22.8 Å². The second-order valence-electron chi connectivity index (χ2n) is 4.70. The van der Waals surface area contributed by atoms with E-state index in [2.05, 4.69) is 4.98 Å². The summed E-state index contributed by atoms with van der Waals surface area (Å²) in [5, 5.41) is 1.10. The topological polar surface area (TPSA) is 34.9 Å². The van der Waals surface area contributed by atoms with E-state index in [0.29, 0.717) is 28.3 Å². The predicted octanol–water partition coefficient (Wildman–Crippen LogP) is 3.41. The highest BCUT2D eigenvalue weighted by atomic mass is 35.5. The highest BCUT2D eigenvalue weighted by Gasteiger charge is 2.08. The average molecular weight is 285 g/mol. The zero-order valence-corrected chi connectivity index (χ0v) is 11.8. The quantitative estimate of drug-likeness (QED) is 0.723. The molecule has 0 spiro atoms. The highest BCUT2D eigenvalue weighted by molar-refractivity contribution is 6.31. The second-order valence-corrected chi connectivity index (χ2v) is 5.13. The molecule has 3 rings (SSSR count). The number of rotatable bonds is 2. The fraction of sp³-hybridized carbons (Fsp3) is 0.125. The highest BCUT2D eigenvalue weighted by Crippen LogP contribution is 2.15. The minimum atomic E-state index is -0.0566. The van der Waals surface area contributed by atoms with Crippen LogP contribution in [0.2, 0.25) is 5.02 Å². The number of hydrogen-bond donors (Lipinski definition) is 0. The minimum absolute atomic E-state index is 0.0566. The summed E-state index contributed by atoms with van der Waals surface area (Å²) in [6.07, 6.45) is 0. The van der Waals surface area contributed by atoms with Crippen LogP contribution >= 0.6 is 11.6 Å². The first-order valence-corrected chi connectivity index (χ1v) is 6.73. The van der Waals surface area contributed by atoms with Gasteiger partial charge in [-0.3, -0.25) is 9.36 Å². The van der Waals surface area contributed by atoms with Crippen LogP contribution in [0.5, 0.6) is 0 Å². The van der Waals surface area contributed by atoms with Crippen molar-refractivity contribution in [3.05, 3.63) is 75.3 Å². The minimum Gasteiger partial charge on any atom is -0.292 e. The maximum absolute atomic E-state index is 12.6. The third-order valence-electron chi connectivity index (χ3n) is 3.29. The molecule has 0 saturated carbocycles. The van der Waals surface area contributed by atoms with Crippen LogP contribution in [0.15, 0.2) is 53.3 Å². The lowest BCUT2D eigenvalue weighted by Crippen LogP contribution is -2.24. The molecule has 0 radical (unpaired) electrons. The van der Waals surface area contributed by atoms with E-state index in [0.717, 1.165) is 5.56 Å². The molecule has 0 aliphatic rings. The molecule has 1 aromatic heterocycles. The first-order chi connectivity index (χ1) is 9.65. The number of fused-ring (bicyclic) bond motifs is 1. The van der Waals surface area contributed by atoms with Crippen LogP contribution in [0.3, 0.4) is 0 Å². The molecule has 0 fully saturated rings. The monoisotopic (exact) mass is 284 g/mol. The average Bonchev–Trinajstić information content (AvgIpc) is 2.46. The molecule has 3 aromatic rings. The number of halogens is 1. The van der Waals surface area contributed by atoms with Crippen LogP contribution in [0, 0.1) is 6.92 Å². The van der Waals surface area contributed by atoms with Gasteiger partial charge in [0.1, 0.15) is 5.82 Å². The van der Waals surface area contributed by atoms with Gasteiger partial charge in [-0.05, 0) is 30.7 Å². The number of benzene rings is 2. The van der Waals surface area contributed by atoms with Crippen molar-refractivity contribution in [3.8, 4) is 0 Å². The van der Waals surface area contributed by atoms with Crippen molar-refractivity contribution in [3.63, 3.8) is 0 Å². The molecule has 100 valence electrons. The van der Waals surface area contributed by atoms with Crippen molar-refractivity contribution in [1.29, 1.82) is 0 Å². The molecule has 0 saturated heterocycles. The summed E-state index contributed by atoms with van der Waals surface area (Å²) in [7, 11) is 0. The Kier molecular flexibility index (Phi) is 3.28. The molecule has 2 aromatic carbocycles. The van der Waals surface area contributed by atoms with Crippen LogP contribution < -0.4 is 5.56 Å². The van der Waals surface area contributed by atoms with Crippen molar-refractivity contribution in [1.82, 2.24) is 9.55 Å². The fourth-order valence-corrected chi connectivity index (χ4v) is 2.43. The number of hydrogen-bond acceptors (Lipinski definition) is 2. The van der Waals surface area contributed by atoms with E-state index in [9.17, 15) is 4.79 Å². The molecule has 0 aliphatic carbocycles. The van der Waals surface area contributed by atoms with E-state index in [4.69, 9.17) is 11.6 Å². The maximum atomic E-state index is 12.6. The van der Waals surface area contributed by atoms with Crippen LogP contribution in [-0.4, -0.2) is 9.55 Å². The molecule has 20 heavy (non-hydrogen) atoms. The Bertz CT molecular complexity index is 825. The Hall–Kier alpha value is -2.13. The molecular formula is C16H13ClN2O. The Morgan fingerprint density at radius 1 is 1.15 bits per heavy atom. The number of nitrogens with zero attached hydrogens (tertiary/aromatic N) is 2. The van der Waals surface area contributed by atoms with Gasteiger partial charge in [0, 0.05) is 5.02 Å². The van der Waals surface area contributed by atoms with Crippen LogP contribution in [0.4, 0.5) is 0 Å². The summed E-state index contributed by atoms with van der Waals surface area (Å²) >= 11 is 5.97. The van der Waals surface area contributed by atoms with Gasteiger partial charge in [-0.2, -0.15) is 0 Å². The van der Waals surface area contributed by atoms with Gasteiger partial charge >= 0.3 is 0 Å². The Labute approximate surface area is 121 Å². The number of aromatic nitrogens is 2. The fourth-order valence-electron chi connectivity index (χ4n) is 2.26. The summed E-state index contributed by atoms with van der Waals surface area (Å²) < 4.78 is 1.67. The van der Waals surface area contributed by atoms with E-state index < -0.39 is 0 Å². The first-order valence-electron chi connectivity index (χ1n) is 6.36. The molecule has 0 aliphatic heterocycles. The molecule has 0 amide bonds. The number of aryl methyl sites for hydroxylation is 1. The zero-order valence-electron chi connectivity index (χ0n) is 11.0. The van der Waals surface area contributed by atoms with E-state index >= 15 is 0 Å². The molecule has 0 unspecified atom stereocenters. The molecule has 4 heteroatoms. The Balaban J connectivity index is 2.18. The molecule has 1 heterocycles. The van der Waals surface area contributed by atoms with Gasteiger partial charge in [-0.25, -0.2) is 4.98 Å². The largest absolute Gasteiger partial charge is 0.292 e. The molecule has 0 atom stereocenters. The van der Waals surface area contributed by atoms with Gasteiger partial charge in [0.05, 0.1) is 17.4 Å². The third kappa shape index (κ3) is 2.32. The van der Waals surface area contributed by atoms with Gasteiger partial charge in [-0.1, -0.05) is 41.9 Å². The maximum Gasteiger partial charge on any atom is 0.261 e. The van der Waals surface area contributed by atoms with E-state index in [-0.39, 0.29) is 5.56 Å². The summed E-state index contributed by atoms with van der Waals surface area (Å²) in [4.78, 5) is 17.0. The van der Waals surface area contributed by atoms with Crippen molar-refractivity contribution in [2.24, 2.45) is 0 Å². The van der Waals surface area contributed by atoms with Gasteiger partial charge in [-0.15, -0.1) is 0 Å². The Morgan fingerprint density at radius 3 is 2.65 bits per heavy atom. The van der Waals surface area contributed by atoms with Crippen LogP contribution in [-0.2, 0) is 6.54 Å². The van der Waals surface area contributed by atoms with Crippen LogP contribution in [0.25, 0.3) is 10.9 Å². The van der Waals surface area contributed by atoms with Crippen molar-refractivity contribution >= 4 is 22.5 Å². The summed E-state index contributed by atoms with van der Waals surface area (Å²) in [5.74, 6) is 0.702. The summed E-state index contributed by atoms with van der Waals surface area (Å²) in [5.41, 5.74) is 1.70. The SMILES string of the molecule is Cc1nc2ccc(Cl)cc2c(=O)n1Cc1ccccc1. The van der Waals surface area contributed by atoms with Crippen molar-refractivity contribution in [2.75, 3.05) is 0 Å². The van der Waals surface area contributed by atoms with Crippen molar-refractivity contribution < 1.29 is 0 Å². The smallest absolute Gasteiger partial charge is 0.261 e. The molecular weight excluding hydrogens is 272 g/mol. The first kappa shape index (κ1) is 12.9. The molecule has 3 nitrogen and oxygen atoms in total. The van der Waals surface area contributed by atoms with Gasteiger partial charge in [0.2, 0.25) is 0 Å². The summed E-state index contributed by atoms with van der Waals surface area (Å²) in [6, 6.07) is 15.1. The normalized spacial score (nSPS) is 10.9. The summed E-state index contributed by atoms with van der Waals surface area (Å²) in [6.45, 7) is 2.36.